The molecule has 18 heavy (non-hydrogen) atoms. The average molecular weight is 245 g/mol. The monoisotopic (exact) mass is 245 g/mol. The molecule has 4 nitrogen and oxygen atoms in total. The minimum atomic E-state index is 0.517. The van der Waals surface area contributed by atoms with Crippen LogP contribution < -0.4 is 10.1 Å². The second kappa shape index (κ2) is 5.85. The molecule has 1 aliphatic rings. The number of hydrogen-bond donors (Lipinski definition) is 1. The zero-order valence-electron chi connectivity index (χ0n) is 10.9. The quantitative estimate of drug-likeness (QED) is 0.873. The van der Waals surface area contributed by atoms with Crippen molar-refractivity contribution in [2.75, 3.05) is 26.7 Å². The summed E-state index contributed by atoms with van der Waals surface area (Å²) in [6, 6.07) is 8.29. The summed E-state index contributed by atoms with van der Waals surface area (Å²) in [6.07, 6.45) is 0. The number of ether oxygens (including phenoxy) is 1. The van der Waals surface area contributed by atoms with Crippen LogP contribution >= 0.6 is 0 Å². The largest absolute Gasteiger partial charge is 0.496 e. The van der Waals surface area contributed by atoms with Gasteiger partial charge in [-0.3, -0.25) is 4.90 Å². The van der Waals surface area contributed by atoms with Gasteiger partial charge < -0.3 is 10.1 Å². The van der Waals surface area contributed by atoms with Crippen LogP contribution in [0.3, 0.4) is 0 Å². The lowest BCUT2D eigenvalue weighted by Gasteiger charge is -2.32. The molecule has 1 N–H and O–H groups in total. The van der Waals surface area contributed by atoms with Crippen molar-refractivity contribution in [2.45, 2.75) is 19.5 Å². The van der Waals surface area contributed by atoms with Crippen LogP contribution in [0, 0.1) is 11.3 Å². The number of nitrogens with zero attached hydrogens (tertiary/aromatic N) is 2. The third-order valence-corrected chi connectivity index (χ3v) is 3.26. The van der Waals surface area contributed by atoms with Crippen molar-refractivity contribution in [2.24, 2.45) is 0 Å². The number of nitriles is 1. The Morgan fingerprint density at radius 2 is 2.39 bits per heavy atom. The molecule has 0 aromatic heterocycles. The van der Waals surface area contributed by atoms with Gasteiger partial charge in [0.15, 0.2) is 0 Å². The maximum absolute atomic E-state index is 8.96. The van der Waals surface area contributed by atoms with Crippen LogP contribution in [-0.2, 0) is 6.54 Å². The lowest BCUT2D eigenvalue weighted by molar-refractivity contribution is 0.197. The van der Waals surface area contributed by atoms with Gasteiger partial charge in [0.1, 0.15) is 5.75 Å². The molecule has 4 heteroatoms. The van der Waals surface area contributed by atoms with Crippen LogP contribution in [-0.4, -0.2) is 37.7 Å². The fraction of sp³-hybridized carbons (Fsp3) is 0.500. The maximum Gasteiger partial charge on any atom is 0.123 e. The van der Waals surface area contributed by atoms with Crippen LogP contribution in [0.15, 0.2) is 18.2 Å². The van der Waals surface area contributed by atoms with E-state index in [0.29, 0.717) is 11.6 Å². The molecule has 1 aromatic rings. The molecule has 0 spiro atoms. The van der Waals surface area contributed by atoms with Gasteiger partial charge in [-0.05, 0) is 25.1 Å². The van der Waals surface area contributed by atoms with Gasteiger partial charge in [0.2, 0.25) is 0 Å². The summed E-state index contributed by atoms with van der Waals surface area (Å²) in [4.78, 5) is 2.39. The van der Waals surface area contributed by atoms with Gasteiger partial charge in [-0.25, -0.2) is 0 Å². The van der Waals surface area contributed by atoms with Crippen LogP contribution in [0.25, 0.3) is 0 Å². The van der Waals surface area contributed by atoms with Crippen molar-refractivity contribution in [3.8, 4) is 11.8 Å². The Morgan fingerprint density at radius 3 is 3.06 bits per heavy atom. The standard InChI is InChI=1S/C14H19N3O/c1-11-9-17(6-5-16-11)10-13-7-12(8-15)3-4-14(13)18-2/h3-4,7,11,16H,5-6,9-10H2,1-2H3/t11-/m0/s1. The summed E-state index contributed by atoms with van der Waals surface area (Å²) in [5.41, 5.74) is 1.78. The maximum atomic E-state index is 8.96. The summed E-state index contributed by atoms with van der Waals surface area (Å²) in [6.45, 7) is 6.10. The summed E-state index contributed by atoms with van der Waals surface area (Å²) in [5, 5.41) is 12.4. The van der Waals surface area contributed by atoms with E-state index in [0.717, 1.165) is 37.5 Å². The molecular weight excluding hydrogens is 226 g/mol. The molecule has 1 fully saturated rings. The summed E-state index contributed by atoms with van der Waals surface area (Å²) >= 11 is 0. The Kier molecular flexibility index (Phi) is 4.19. The number of methoxy groups -OCH3 is 1. The molecule has 0 radical (unpaired) electrons. The van der Waals surface area contributed by atoms with Gasteiger partial charge >= 0.3 is 0 Å². The van der Waals surface area contributed by atoms with Crippen molar-refractivity contribution in [3.63, 3.8) is 0 Å². The molecule has 2 rings (SSSR count). The van der Waals surface area contributed by atoms with E-state index in [1.54, 1.807) is 13.2 Å². The lowest BCUT2D eigenvalue weighted by atomic mass is 10.1. The van der Waals surface area contributed by atoms with Crippen molar-refractivity contribution in [3.05, 3.63) is 29.3 Å². The number of rotatable bonds is 3. The molecule has 0 bridgehead atoms. The number of hydrogen-bond acceptors (Lipinski definition) is 4. The molecule has 0 amide bonds. The minimum absolute atomic E-state index is 0.517. The van der Waals surface area contributed by atoms with Crippen molar-refractivity contribution < 1.29 is 4.74 Å². The normalized spacial score (nSPS) is 20.4. The predicted molar refractivity (Wildman–Crippen MR) is 70.5 cm³/mol. The molecule has 1 saturated heterocycles. The smallest absolute Gasteiger partial charge is 0.123 e. The van der Waals surface area contributed by atoms with E-state index < -0.39 is 0 Å². The highest BCUT2D eigenvalue weighted by atomic mass is 16.5. The predicted octanol–water partition coefficient (Wildman–Crippen LogP) is 1.36. The van der Waals surface area contributed by atoms with Crippen LogP contribution in [0.2, 0.25) is 0 Å². The zero-order valence-corrected chi connectivity index (χ0v) is 10.9. The van der Waals surface area contributed by atoms with E-state index in [2.05, 4.69) is 23.2 Å². The molecule has 0 unspecified atom stereocenters. The van der Waals surface area contributed by atoms with Crippen LogP contribution in [0.4, 0.5) is 0 Å². The van der Waals surface area contributed by atoms with E-state index in [4.69, 9.17) is 10.00 Å². The van der Waals surface area contributed by atoms with E-state index in [1.165, 1.54) is 0 Å². The Balaban J connectivity index is 2.14. The van der Waals surface area contributed by atoms with Gasteiger partial charge in [-0.2, -0.15) is 5.26 Å². The second-order valence-corrected chi connectivity index (χ2v) is 4.73. The fourth-order valence-electron chi connectivity index (χ4n) is 2.37. The first kappa shape index (κ1) is 12.9. The number of nitrogens with one attached hydrogen (secondary N) is 1. The zero-order chi connectivity index (χ0) is 13.0. The van der Waals surface area contributed by atoms with Gasteiger partial charge in [-0.15, -0.1) is 0 Å². The second-order valence-electron chi connectivity index (χ2n) is 4.73. The highest BCUT2D eigenvalue weighted by Crippen LogP contribution is 2.21. The van der Waals surface area contributed by atoms with Gasteiger partial charge in [0, 0.05) is 37.8 Å². The van der Waals surface area contributed by atoms with E-state index >= 15 is 0 Å². The first-order valence-corrected chi connectivity index (χ1v) is 6.25. The van der Waals surface area contributed by atoms with Gasteiger partial charge in [0.05, 0.1) is 18.7 Å². The van der Waals surface area contributed by atoms with Gasteiger partial charge in [0.25, 0.3) is 0 Å². The Bertz CT molecular complexity index is 453. The van der Waals surface area contributed by atoms with E-state index in [1.807, 2.05) is 12.1 Å². The first-order valence-electron chi connectivity index (χ1n) is 6.25. The Labute approximate surface area is 108 Å². The van der Waals surface area contributed by atoms with E-state index in [-0.39, 0.29) is 0 Å². The molecule has 0 saturated carbocycles. The number of benzene rings is 1. The molecule has 1 atom stereocenters. The topological polar surface area (TPSA) is 48.3 Å². The fourth-order valence-corrected chi connectivity index (χ4v) is 2.37. The summed E-state index contributed by atoms with van der Waals surface area (Å²) in [7, 11) is 1.67. The average Bonchev–Trinajstić information content (AvgIpc) is 2.38. The summed E-state index contributed by atoms with van der Waals surface area (Å²) < 4.78 is 5.36. The van der Waals surface area contributed by atoms with Crippen LogP contribution in [0.5, 0.6) is 5.75 Å². The molecule has 1 heterocycles. The third-order valence-electron chi connectivity index (χ3n) is 3.26. The molecule has 96 valence electrons. The van der Waals surface area contributed by atoms with Crippen molar-refractivity contribution >= 4 is 0 Å². The van der Waals surface area contributed by atoms with Crippen molar-refractivity contribution in [1.29, 1.82) is 5.26 Å². The highest BCUT2D eigenvalue weighted by molar-refractivity contribution is 5.42. The highest BCUT2D eigenvalue weighted by Gasteiger charge is 2.17. The first-order chi connectivity index (χ1) is 8.72. The number of piperazine rings is 1. The van der Waals surface area contributed by atoms with Crippen LogP contribution in [0.1, 0.15) is 18.1 Å². The van der Waals surface area contributed by atoms with Gasteiger partial charge in [-0.1, -0.05) is 0 Å². The third kappa shape index (κ3) is 3.00. The SMILES string of the molecule is COc1ccc(C#N)cc1CN1CCN[C@@H](C)C1. The summed E-state index contributed by atoms with van der Waals surface area (Å²) in [5.74, 6) is 0.861. The van der Waals surface area contributed by atoms with Crippen molar-refractivity contribution in [1.82, 2.24) is 10.2 Å². The molecule has 1 aromatic carbocycles. The Hall–Kier alpha value is -1.57. The lowest BCUT2D eigenvalue weighted by Crippen LogP contribution is -2.48. The molecular formula is C14H19N3O. The molecule has 0 aliphatic carbocycles. The van der Waals surface area contributed by atoms with E-state index in [9.17, 15) is 0 Å². The molecule has 1 aliphatic heterocycles. The minimum Gasteiger partial charge on any atom is -0.496 e. The Morgan fingerprint density at radius 1 is 1.56 bits per heavy atom.